The van der Waals surface area contributed by atoms with Crippen molar-refractivity contribution in [1.82, 2.24) is 14.6 Å². The van der Waals surface area contributed by atoms with Crippen LogP contribution in [0.4, 0.5) is 5.00 Å². The Morgan fingerprint density at radius 2 is 2.15 bits per heavy atom. The van der Waals surface area contributed by atoms with Gasteiger partial charge in [-0.25, -0.2) is 0 Å². The number of carbonyl (C=O) groups is 1. The number of hydrogen-bond donors (Lipinski definition) is 2. The second-order valence-electron chi connectivity index (χ2n) is 6.47. The number of benzene rings is 1. The number of ether oxygens (including phenoxy) is 1. The maximum absolute atomic E-state index is 12.8. The molecule has 0 aliphatic carbocycles. The van der Waals surface area contributed by atoms with Gasteiger partial charge in [-0.05, 0) is 62.1 Å². The molecule has 1 amide bonds. The van der Waals surface area contributed by atoms with E-state index in [1.165, 1.54) is 29.9 Å². The van der Waals surface area contributed by atoms with Crippen LogP contribution in [-0.2, 0) is 0 Å². The topological polar surface area (TPSA) is 66.5 Å². The van der Waals surface area contributed by atoms with Gasteiger partial charge in [0.25, 0.3) is 5.91 Å². The van der Waals surface area contributed by atoms with E-state index >= 15 is 0 Å². The monoisotopic (exact) mass is 374 g/mol. The quantitative estimate of drug-likeness (QED) is 0.780. The molecule has 2 N–H and O–H groups in total. The molecule has 140 valence electrons. The maximum atomic E-state index is 12.8. The van der Waals surface area contributed by atoms with Crippen LogP contribution >= 0.6 is 11.5 Å². The van der Waals surface area contributed by atoms with E-state index in [4.69, 9.17) is 4.74 Å². The Kier molecular flexibility index (Phi) is 6.11. The molecule has 26 heavy (non-hydrogen) atoms. The van der Waals surface area contributed by atoms with E-state index in [1.807, 2.05) is 26.1 Å². The summed E-state index contributed by atoms with van der Waals surface area (Å²) in [6.45, 7) is 4.54. The summed E-state index contributed by atoms with van der Waals surface area (Å²) in [6, 6.07) is 8.26. The van der Waals surface area contributed by atoms with Crippen molar-refractivity contribution < 1.29 is 9.53 Å². The van der Waals surface area contributed by atoms with Gasteiger partial charge in [0, 0.05) is 13.6 Å². The van der Waals surface area contributed by atoms with E-state index < -0.39 is 0 Å². The molecule has 1 aliphatic heterocycles. The van der Waals surface area contributed by atoms with Crippen LogP contribution in [0.25, 0.3) is 0 Å². The number of aryl methyl sites for hydroxylation is 1. The van der Waals surface area contributed by atoms with Gasteiger partial charge < -0.3 is 15.4 Å². The highest BCUT2D eigenvalue weighted by Gasteiger charge is 2.25. The van der Waals surface area contributed by atoms with Crippen molar-refractivity contribution in [3.05, 3.63) is 41.1 Å². The number of nitrogens with one attached hydrogen (secondary N) is 2. The van der Waals surface area contributed by atoms with Crippen LogP contribution in [0.1, 0.15) is 40.5 Å². The van der Waals surface area contributed by atoms with Gasteiger partial charge >= 0.3 is 0 Å². The Hall–Kier alpha value is -2.12. The smallest absolute Gasteiger partial charge is 0.256 e. The number of carbonyl (C=O) groups excluding carboxylic acids is 1. The van der Waals surface area contributed by atoms with E-state index in [0.717, 1.165) is 29.5 Å². The highest BCUT2D eigenvalue weighted by molar-refractivity contribution is 7.10. The summed E-state index contributed by atoms with van der Waals surface area (Å²) in [5.74, 6) is 0.765. The lowest BCUT2D eigenvalue weighted by Gasteiger charge is -2.28. The second kappa shape index (κ2) is 8.51. The first-order valence-electron chi connectivity index (χ1n) is 8.94. The SMILES string of the molecule is CNc1snc(C)c1C(=O)NCC(c1cccc(OC)c1)N1CCCC1. The first-order valence-corrected chi connectivity index (χ1v) is 9.71. The highest BCUT2D eigenvalue weighted by Crippen LogP contribution is 2.28. The van der Waals surface area contributed by atoms with Crippen LogP contribution in [0, 0.1) is 6.92 Å². The molecule has 2 heterocycles. The molecule has 3 rings (SSSR count). The summed E-state index contributed by atoms with van der Waals surface area (Å²) < 4.78 is 9.66. The van der Waals surface area contributed by atoms with Crippen LogP contribution in [0.15, 0.2) is 24.3 Å². The van der Waals surface area contributed by atoms with Crippen LogP contribution in [0.2, 0.25) is 0 Å². The molecule has 0 spiro atoms. The fourth-order valence-corrected chi connectivity index (χ4v) is 4.19. The van der Waals surface area contributed by atoms with Crippen molar-refractivity contribution >= 4 is 22.4 Å². The number of nitrogens with zero attached hydrogens (tertiary/aromatic N) is 2. The zero-order valence-corrected chi connectivity index (χ0v) is 16.4. The van der Waals surface area contributed by atoms with Gasteiger partial charge in [0.05, 0.1) is 24.4 Å². The number of methoxy groups -OCH3 is 1. The van der Waals surface area contributed by atoms with Crippen LogP contribution < -0.4 is 15.4 Å². The molecule has 1 atom stereocenters. The Balaban J connectivity index is 1.77. The number of aromatic nitrogens is 1. The Labute approximate surface area is 158 Å². The molecule has 7 heteroatoms. The van der Waals surface area contributed by atoms with Gasteiger partial charge in [0.15, 0.2) is 0 Å². The van der Waals surface area contributed by atoms with Gasteiger partial charge in [0.1, 0.15) is 10.8 Å². The number of rotatable bonds is 7. The Morgan fingerprint density at radius 3 is 2.85 bits per heavy atom. The normalized spacial score (nSPS) is 15.7. The predicted molar refractivity (Wildman–Crippen MR) is 105 cm³/mol. The molecule has 1 fully saturated rings. The summed E-state index contributed by atoms with van der Waals surface area (Å²) in [6.07, 6.45) is 2.40. The molecule has 1 unspecified atom stereocenters. The zero-order chi connectivity index (χ0) is 18.5. The predicted octanol–water partition coefficient (Wildman–Crippen LogP) is 3.07. The molecule has 1 saturated heterocycles. The molecule has 1 aromatic carbocycles. The fourth-order valence-electron chi connectivity index (χ4n) is 3.45. The first-order chi connectivity index (χ1) is 12.6. The number of likely N-dealkylation sites (tertiary alicyclic amines) is 1. The summed E-state index contributed by atoms with van der Waals surface area (Å²) in [4.78, 5) is 15.2. The van der Waals surface area contributed by atoms with Gasteiger partial charge in [-0.2, -0.15) is 4.37 Å². The molecule has 1 aromatic heterocycles. The van der Waals surface area contributed by atoms with E-state index in [-0.39, 0.29) is 11.9 Å². The highest BCUT2D eigenvalue weighted by atomic mass is 32.1. The molecular weight excluding hydrogens is 348 g/mol. The summed E-state index contributed by atoms with van der Waals surface area (Å²) >= 11 is 1.32. The Bertz CT molecular complexity index is 756. The van der Waals surface area contributed by atoms with Crippen LogP contribution in [-0.4, -0.2) is 49.0 Å². The minimum atomic E-state index is -0.0762. The van der Waals surface area contributed by atoms with Crippen molar-refractivity contribution in [2.75, 3.05) is 39.1 Å². The lowest BCUT2D eigenvalue weighted by Crippen LogP contribution is -2.37. The molecule has 0 saturated carbocycles. The summed E-state index contributed by atoms with van der Waals surface area (Å²) in [5.41, 5.74) is 2.57. The summed E-state index contributed by atoms with van der Waals surface area (Å²) in [5, 5.41) is 6.98. The first kappa shape index (κ1) is 18.7. The average Bonchev–Trinajstić information content (AvgIpc) is 3.31. The third kappa shape index (κ3) is 3.99. The van der Waals surface area contributed by atoms with Crippen LogP contribution in [0.3, 0.4) is 0 Å². The van der Waals surface area contributed by atoms with E-state index in [1.54, 1.807) is 7.11 Å². The fraction of sp³-hybridized carbons (Fsp3) is 0.474. The minimum absolute atomic E-state index is 0.0762. The lowest BCUT2D eigenvalue weighted by molar-refractivity contribution is 0.0938. The van der Waals surface area contributed by atoms with Gasteiger partial charge in [-0.15, -0.1) is 0 Å². The van der Waals surface area contributed by atoms with Crippen molar-refractivity contribution in [1.29, 1.82) is 0 Å². The molecule has 6 nitrogen and oxygen atoms in total. The van der Waals surface area contributed by atoms with E-state index in [9.17, 15) is 4.79 Å². The molecular formula is C19H26N4O2S. The number of hydrogen-bond acceptors (Lipinski definition) is 6. The maximum Gasteiger partial charge on any atom is 0.256 e. The van der Waals surface area contributed by atoms with E-state index in [0.29, 0.717) is 12.1 Å². The van der Waals surface area contributed by atoms with Crippen molar-refractivity contribution in [3.63, 3.8) is 0 Å². The summed E-state index contributed by atoms with van der Waals surface area (Å²) in [7, 11) is 3.49. The van der Waals surface area contributed by atoms with Crippen molar-refractivity contribution in [3.8, 4) is 5.75 Å². The Morgan fingerprint density at radius 1 is 1.38 bits per heavy atom. The lowest BCUT2D eigenvalue weighted by atomic mass is 10.0. The number of amides is 1. The standard InChI is InChI=1S/C19H26N4O2S/c1-13-17(19(20-2)26-22-13)18(24)21-12-16(23-9-4-5-10-23)14-7-6-8-15(11-14)25-3/h6-8,11,16,20H,4-5,9-10,12H2,1-3H3,(H,21,24). The molecule has 0 radical (unpaired) electrons. The second-order valence-corrected chi connectivity index (χ2v) is 7.24. The molecule has 0 bridgehead atoms. The largest absolute Gasteiger partial charge is 0.497 e. The van der Waals surface area contributed by atoms with Gasteiger partial charge in [-0.1, -0.05) is 12.1 Å². The van der Waals surface area contributed by atoms with Crippen molar-refractivity contribution in [2.24, 2.45) is 0 Å². The molecule has 2 aromatic rings. The third-order valence-corrected chi connectivity index (χ3v) is 5.79. The van der Waals surface area contributed by atoms with E-state index in [2.05, 4.69) is 32.0 Å². The third-order valence-electron chi connectivity index (χ3n) is 4.83. The minimum Gasteiger partial charge on any atom is -0.497 e. The average molecular weight is 375 g/mol. The van der Waals surface area contributed by atoms with Crippen molar-refractivity contribution in [2.45, 2.75) is 25.8 Å². The van der Waals surface area contributed by atoms with Crippen LogP contribution in [0.5, 0.6) is 5.75 Å². The zero-order valence-electron chi connectivity index (χ0n) is 15.5. The molecule has 1 aliphatic rings. The number of anilines is 1. The van der Waals surface area contributed by atoms with Gasteiger partial charge in [-0.3, -0.25) is 9.69 Å². The van der Waals surface area contributed by atoms with Gasteiger partial charge in [0.2, 0.25) is 0 Å².